The molecule has 0 saturated carbocycles. The summed E-state index contributed by atoms with van der Waals surface area (Å²) in [6.45, 7) is 4.45. The summed E-state index contributed by atoms with van der Waals surface area (Å²) in [5.41, 5.74) is 0. The Hall–Kier alpha value is -3.01. The first kappa shape index (κ1) is 50.1. The summed E-state index contributed by atoms with van der Waals surface area (Å²) in [6.07, 6.45) is -7.41. The van der Waals surface area contributed by atoms with Crippen LogP contribution in [0, 0.1) is 0 Å². The van der Waals surface area contributed by atoms with Gasteiger partial charge in [-0.3, -0.25) is 14.4 Å². The minimum Gasteiger partial charge on any atom is -0.477 e. The quantitative estimate of drug-likeness (QED) is 0.0268. The predicted octanol–water partition coefficient (Wildman–Crippen LogP) is -3.72. The number of carbonyl (C=O) groups is 5. The molecule has 0 spiro atoms. The van der Waals surface area contributed by atoms with E-state index >= 15 is 0 Å². The molecule has 0 aliphatic carbocycles. The molecular formula is C34H58N2O21. The number of hydrogen-bond acceptors (Lipinski definition) is 20. The van der Waals surface area contributed by atoms with Gasteiger partial charge < -0.3 is 83.1 Å². The van der Waals surface area contributed by atoms with Crippen molar-refractivity contribution >= 4 is 29.7 Å². The van der Waals surface area contributed by atoms with Crippen LogP contribution in [0.4, 0.5) is 0 Å². The van der Waals surface area contributed by atoms with Crippen LogP contribution in [0.15, 0.2) is 0 Å². The molecule has 2 rings (SSSR count). The van der Waals surface area contributed by atoms with Gasteiger partial charge in [-0.15, -0.1) is 5.06 Å². The lowest BCUT2D eigenvalue weighted by atomic mass is 9.88. The molecule has 2 heterocycles. The van der Waals surface area contributed by atoms with E-state index in [1.165, 1.54) is 0 Å². The second kappa shape index (κ2) is 29.2. The molecule has 6 atom stereocenters. The highest BCUT2D eigenvalue weighted by molar-refractivity contribution is 6.01. The molecule has 23 heteroatoms. The molecule has 330 valence electrons. The van der Waals surface area contributed by atoms with Crippen molar-refractivity contribution in [3.05, 3.63) is 0 Å². The van der Waals surface area contributed by atoms with Gasteiger partial charge in [0.15, 0.2) is 0 Å². The third kappa shape index (κ3) is 20.0. The highest BCUT2D eigenvalue weighted by Crippen LogP contribution is 2.33. The van der Waals surface area contributed by atoms with Crippen molar-refractivity contribution in [1.29, 1.82) is 0 Å². The molecule has 57 heavy (non-hydrogen) atoms. The molecule has 2 aliphatic heterocycles. The monoisotopic (exact) mass is 830 g/mol. The van der Waals surface area contributed by atoms with E-state index in [4.69, 9.17) is 52.2 Å². The van der Waals surface area contributed by atoms with E-state index in [2.05, 4.69) is 5.32 Å². The largest absolute Gasteiger partial charge is 0.477 e. The number of nitrogens with one attached hydrogen (secondary N) is 1. The fraction of sp³-hybridized carbons (Fsp3) is 0.853. The molecule has 0 aromatic carbocycles. The minimum absolute atomic E-state index is 0.0372. The summed E-state index contributed by atoms with van der Waals surface area (Å²) in [5.74, 6) is -6.43. The number of rotatable bonds is 34. The number of nitrogens with zero attached hydrogens (tertiary/aromatic N) is 1. The topological polar surface area (TPSA) is 303 Å². The van der Waals surface area contributed by atoms with Crippen molar-refractivity contribution in [3.63, 3.8) is 0 Å². The number of carboxylic acids is 1. The van der Waals surface area contributed by atoms with Crippen molar-refractivity contribution < 1.29 is 102 Å². The molecular weight excluding hydrogens is 772 g/mol. The number of carboxylic acid groups (broad SMARTS) is 1. The summed E-state index contributed by atoms with van der Waals surface area (Å²) in [4.78, 5) is 63.0. The molecule has 6 N–H and O–H groups in total. The van der Waals surface area contributed by atoms with Gasteiger partial charge in [-0.25, -0.2) is 9.59 Å². The second-order valence-electron chi connectivity index (χ2n) is 12.4. The molecule has 2 aliphatic rings. The fourth-order valence-corrected chi connectivity index (χ4v) is 5.14. The molecule has 0 radical (unpaired) electrons. The molecule has 2 fully saturated rings. The Labute approximate surface area is 329 Å². The lowest BCUT2D eigenvalue weighted by Gasteiger charge is -2.46. The SMILES string of the molecule is CC(=O)NC1C(O)CC(OCCOCCOCCOCCOCCOCCOCCOCCOCCC(=O)ON2C(=O)CCC2=O)(C(=O)O)OC1C(O)C(O)CO. The lowest BCUT2D eigenvalue weighted by molar-refractivity contribution is -0.312. The number of ether oxygens (including phenoxy) is 10. The van der Waals surface area contributed by atoms with E-state index in [9.17, 15) is 49.5 Å². The van der Waals surface area contributed by atoms with Crippen molar-refractivity contribution in [3.8, 4) is 0 Å². The number of hydroxylamine groups is 2. The highest BCUT2D eigenvalue weighted by atomic mass is 16.7. The van der Waals surface area contributed by atoms with Crippen molar-refractivity contribution in [2.24, 2.45) is 0 Å². The zero-order chi connectivity index (χ0) is 41.9. The molecule has 23 nitrogen and oxygen atoms in total. The zero-order valence-electron chi connectivity index (χ0n) is 32.2. The summed E-state index contributed by atoms with van der Waals surface area (Å²) in [7, 11) is 0. The lowest BCUT2D eigenvalue weighted by Crippen LogP contribution is -2.68. The van der Waals surface area contributed by atoms with Crippen LogP contribution in [0.3, 0.4) is 0 Å². The number of carbonyl (C=O) groups excluding carboxylic acids is 4. The average molecular weight is 831 g/mol. The predicted molar refractivity (Wildman–Crippen MR) is 187 cm³/mol. The Morgan fingerprint density at radius 3 is 1.53 bits per heavy atom. The van der Waals surface area contributed by atoms with E-state index in [0.717, 1.165) is 6.92 Å². The first-order valence-corrected chi connectivity index (χ1v) is 18.6. The van der Waals surface area contributed by atoms with E-state index < -0.39 is 78.9 Å². The first-order chi connectivity index (χ1) is 27.4. The molecule has 0 aromatic heterocycles. The van der Waals surface area contributed by atoms with Gasteiger partial charge in [-0.05, 0) is 0 Å². The number of aliphatic carboxylic acids is 1. The van der Waals surface area contributed by atoms with Crippen LogP contribution in [-0.2, 0) is 76.2 Å². The van der Waals surface area contributed by atoms with E-state index in [-0.39, 0.29) is 58.9 Å². The summed E-state index contributed by atoms with van der Waals surface area (Å²) < 4.78 is 54.1. The Kier molecular flexibility index (Phi) is 25.7. The van der Waals surface area contributed by atoms with Crippen LogP contribution in [-0.4, -0.2) is 215 Å². The first-order valence-electron chi connectivity index (χ1n) is 18.6. The molecule has 0 aromatic rings. The Balaban J connectivity index is 1.35. The average Bonchev–Trinajstić information content (AvgIpc) is 3.49. The van der Waals surface area contributed by atoms with Gasteiger partial charge in [-0.1, -0.05) is 0 Å². The van der Waals surface area contributed by atoms with Crippen LogP contribution in [0.1, 0.15) is 32.6 Å². The maximum Gasteiger partial charge on any atom is 0.364 e. The molecule has 6 unspecified atom stereocenters. The van der Waals surface area contributed by atoms with Gasteiger partial charge in [0.25, 0.3) is 17.6 Å². The van der Waals surface area contributed by atoms with Crippen LogP contribution in [0.25, 0.3) is 0 Å². The van der Waals surface area contributed by atoms with Gasteiger partial charge in [-0.2, -0.15) is 0 Å². The van der Waals surface area contributed by atoms with Crippen LogP contribution in [0.2, 0.25) is 0 Å². The van der Waals surface area contributed by atoms with Crippen molar-refractivity contribution in [2.75, 3.05) is 119 Å². The second-order valence-corrected chi connectivity index (χ2v) is 12.4. The van der Waals surface area contributed by atoms with E-state index in [0.29, 0.717) is 77.7 Å². The Morgan fingerprint density at radius 2 is 1.14 bits per heavy atom. The van der Waals surface area contributed by atoms with Crippen LogP contribution < -0.4 is 5.32 Å². The smallest absolute Gasteiger partial charge is 0.364 e. The van der Waals surface area contributed by atoms with Gasteiger partial charge in [0.2, 0.25) is 5.91 Å². The van der Waals surface area contributed by atoms with E-state index in [1.54, 1.807) is 0 Å². The van der Waals surface area contributed by atoms with E-state index in [1.807, 2.05) is 0 Å². The van der Waals surface area contributed by atoms with Gasteiger partial charge >= 0.3 is 11.9 Å². The van der Waals surface area contributed by atoms with Gasteiger partial charge in [0.05, 0.1) is 137 Å². The molecule has 0 bridgehead atoms. The number of hydrogen-bond donors (Lipinski definition) is 6. The van der Waals surface area contributed by atoms with Crippen molar-refractivity contribution in [2.45, 2.75) is 68.9 Å². The number of amides is 3. The minimum atomic E-state index is -2.43. The fourth-order valence-electron chi connectivity index (χ4n) is 5.14. The van der Waals surface area contributed by atoms with Gasteiger partial charge in [0.1, 0.15) is 18.3 Å². The molecule has 2 saturated heterocycles. The third-order valence-corrected chi connectivity index (χ3v) is 8.00. The standard InChI is InChI=1S/C34H58N2O21/c1-24(38)35-30-25(39)22-34(33(45)46,56-32(30)31(44)26(40)23-37)55-21-20-54-19-18-53-17-16-52-15-14-51-13-12-50-11-10-49-9-8-48-7-6-47-5-4-29(43)57-36-27(41)2-3-28(36)42/h25-26,30-32,37,39-40,44H,2-23H2,1H3,(H,35,38)(H,45,46). The Morgan fingerprint density at radius 1 is 0.737 bits per heavy atom. The molecule has 3 amide bonds. The maximum atomic E-state index is 12.1. The third-order valence-electron chi connectivity index (χ3n) is 8.00. The van der Waals surface area contributed by atoms with Crippen LogP contribution in [0.5, 0.6) is 0 Å². The zero-order valence-corrected chi connectivity index (χ0v) is 32.2. The normalized spacial score (nSPS) is 22.1. The maximum absolute atomic E-state index is 12.1. The summed E-state index contributed by atoms with van der Waals surface area (Å²) in [6, 6.07) is -1.29. The number of aliphatic hydroxyl groups excluding tert-OH is 4. The highest BCUT2D eigenvalue weighted by Gasteiger charge is 2.55. The summed E-state index contributed by atoms with van der Waals surface area (Å²) in [5, 5.41) is 52.9. The number of aliphatic hydroxyl groups is 4. The number of imide groups is 1. The van der Waals surface area contributed by atoms with Gasteiger partial charge in [0, 0.05) is 26.2 Å². The van der Waals surface area contributed by atoms with Crippen LogP contribution >= 0.6 is 0 Å². The summed E-state index contributed by atoms with van der Waals surface area (Å²) >= 11 is 0. The van der Waals surface area contributed by atoms with Crippen molar-refractivity contribution in [1.82, 2.24) is 10.4 Å². The Bertz CT molecular complexity index is 1170.